The molecule has 0 saturated carbocycles. The summed E-state index contributed by atoms with van der Waals surface area (Å²) in [7, 11) is 3.32. The first-order valence-electron chi connectivity index (χ1n) is 5.40. The SMILES string of the molecule is CCCCCCC[SiH2]C(OC)OC. The van der Waals surface area contributed by atoms with Gasteiger partial charge in [-0.05, 0) is 0 Å². The summed E-state index contributed by atoms with van der Waals surface area (Å²) in [4.78, 5) is 0. The van der Waals surface area contributed by atoms with Gasteiger partial charge in [0, 0.05) is 14.2 Å². The molecule has 0 aliphatic heterocycles. The number of methoxy groups -OCH3 is 2. The smallest absolute Gasteiger partial charge is 0.134 e. The molecular formula is C10H24O2Si. The molecule has 0 unspecified atom stereocenters. The van der Waals surface area contributed by atoms with E-state index in [2.05, 4.69) is 6.92 Å². The highest BCUT2D eigenvalue weighted by molar-refractivity contribution is 6.36. The van der Waals surface area contributed by atoms with E-state index in [1.54, 1.807) is 14.2 Å². The van der Waals surface area contributed by atoms with Gasteiger partial charge in [-0.15, -0.1) is 0 Å². The highest BCUT2D eigenvalue weighted by atomic mass is 28.2. The molecule has 0 spiro atoms. The highest BCUT2D eigenvalue weighted by Gasteiger charge is 2.03. The van der Waals surface area contributed by atoms with Crippen LogP contribution in [-0.2, 0) is 9.47 Å². The van der Waals surface area contributed by atoms with Crippen molar-refractivity contribution in [1.29, 1.82) is 0 Å². The maximum atomic E-state index is 5.17. The van der Waals surface area contributed by atoms with E-state index in [0.717, 1.165) is 0 Å². The zero-order chi connectivity index (χ0) is 9.94. The lowest BCUT2D eigenvalue weighted by atomic mass is 10.2. The molecule has 0 atom stereocenters. The highest BCUT2D eigenvalue weighted by Crippen LogP contribution is 2.06. The maximum Gasteiger partial charge on any atom is 0.134 e. The zero-order valence-electron chi connectivity index (χ0n) is 9.34. The molecule has 0 fully saturated rings. The van der Waals surface area contributed by atoms with Crippen molar-refractivity contribution in [3.63, 3.8) is 0 Å². The van der Waals surface area contributed by atoms with Crippen LogP contribution >= 0.6 is 0 Å². The van der Waals surface area contributed by atoms with Gasteiger partial charge in [-0.25, -0.2) is 0 Å². The van der Waals surface area contributed by atoms with Crippen LogP contribution in [0.3, 0.4) is 0 Å². The lowest BCUT2D eigenvalue weighted by Crippen LogP contribution is -2.20. The van der Waals surface area contributed by atoms with Gasteiger partial charge < -0.3 is 9.47 Å². The van der Waals surface area contributed by atoms with Crippen molar-refractivity contribution in [2.24, 2.45) is 0 Å². The summed E-state index contributed by atoms with van der Waals surface area (Å²) in [5, 5.41) is 0. The molecule has 3 heteroatoms. The molecule has 0 radical (unpaired) electrons. The lowest BCUT2D eigenvalue weighted by Gasteiger charge is -2.11. The first kappa shape index (κ1) is 13.1. The number of hydrogen-bond donors (Lipinski definition) is 0. The summed E-state index contributed by atoms with van der Waals surface area (Å²) in [5.41, 5.74) is 0. The van der Waals surface area contributed by atoms with E-state index < -0.39 is 0 Å². The molecule has 13 heavy (non-hydrogen) atoms. The minimum atomic E-state index is -0.153. The molecule has 0 heterocycles. The van der Waals surface area contributed by atoms with Gasteiger partial charge in [-0.1, -0.05) is 45.1 Å². The number of rotatable bonds is 9. The quantitative estimate of drug-likeness (QED) is 0.325. The van der Waals surface area contributed by atoms with Gasteiger partial charge in [-0.3, -0.25) is 0 Å². The molecule has 0 rings (SSSR count). The fourth-order valence-corrected chi connectivity index (χ4v) is 2.87. The molecule has 0 aromatic rings. The van der Waals surface area contributed by atoms with Gasteiger partial charge in [0.25, 0.3) is 0 Å². The van der Waals surface area contributed by atoms with Crippen molar-refractivity contribution in [2.45, 2.75) is 51.0 Å². The number of hydrogen-bond acceptors (Lipinski definition) is 2. The summed E-state index contributed by atoms with van der Waals surface area (Å²) in [5.74, 6) is 0.145. The van der Waals surface area contributed by atoms with Crippen molar-refractivity contribution in [1.82, 2.24) is 0 Å². The van der Waals surface area contributed by atoms with Crippen molar-refractivity contribution >= 4 is 9.52 Å². The summed E-state index contributed by atoms with van der Waals surface area (Å²) in [6.07, 6.45) is 6.88. The lowest BCUT2D eigenvalue weighted by molar-refractivity contribution is -0.0441. The Bertz CT molecular complexity index is 94.9. The van der Waals surface area contributed by atoms with Gasteiger partial charge in [0.15, 0.2) is 0 Å². The van der Waals surface area contributed by atoms with Gasteiger partial charge >= 0.3 is 0 Å². The summed E-state index contributed by atoms with van der Waals surface area (Å²) in [6, 6.07) is 1.36. The van der Waals surface area contributed by atoms with E-state index in [1.165, 1.54) is 38.1 Å². The molecule has 0 aromatic heterocycles. The molecule has 0 aliphatic rings. The monoisotopic (exact) mass is 204 g/mol. The topological polar surface area (TPSA) is 18.5 Å². The Balaban J connectivity index is 3.05. The molecule has 2 nitrogen and oxygen atoms in total. The third-order valence-corrected chi connectivity index (χ3v) is 4.37. The zero-order valence-corrected chi connectivity index (χ0v) is 10.8. The van der Waals surface area contributed by atoms with E-state index in [4.69, 9.17) is 9.47 Å². The molecule has 0 aromatic carbocycles. The Morgan fingerprint density at radius 1 is 1.00 bits per heavy atom. The summed E-state index contributed by atoms with van der Waals surface area (Å²) in [6.45, 7) is 2.25. The van der Waals surface area contributed by atoms with Crippen molar-refractivity contribution in [3.05, 3.63) is 0 Å². The molecular weight excluding hydrogens is 180 g/mol. The van der Waals surface area contributed by atoms with E-state index in [0.29, 0.717) is 0 Å². The Kier molecular flexibility index (Phi) is 10.3. The summed E-state index contributed by atoms with van der Waals surface area (Å²) < 4.78 is 10.3. The van der Waals surface area contributed by atoms with Gasteiger partial charge in [-0.2, -0.15) is 0 Å². The van der Waals surface area contributed by atoms with Gasteiger partial charge in [0.1, 0.15) is 5.91 Å². The van der Waals surface area contributed by atoms with Crippen LogP contribution in [0.15, 0.2) is 0 Å². The first-order chi connectivity index (χ1) is 6.35. The van der Waals surface area contributed by atoms with Gasteiger partial charge in [0.05, 0.1) is 9.52 Å². The molecule has 0 amide bonds. The van der Waals surface area contributed by atoms with Crippen LogP contribution in [-0.4, -0.2) is 29.7 Å². The number of unbranched alkanes of at least 4 members (excludes halogenated alkanes) is 4. The fraction of sp³-hybridized carbons (Fsp3) is 1.00. The van der Waals surface area contributed by atoms with Crippen molar-refractivity contribution < 1.29 is 9.47 Å². The van der Waals surface area contributed by atoms with Crippen molar-refractivity contribution in [2.75, 3.05) is 14.2 Å². The molecule has 0 saturated heterocycles. The maximum absolute atomic E-state index is 5.17. The van der Waals surface area contributed by atoms with Crippen LogP contribution < -0.4 is 0 Å². The third kappa shape index (κ3) is 8.47. The summed E-state index contributed by atoms with van der Waals surface area (Å²) >= 11 is 0. The first-order valence-corrected chi connectivity index (χ1v) is 7.22. The van der Waals surface area contributed by atoms with Crippen LogP contribution in [0, 0.1) is 0 Å². The van der Waals surface area contributed by atoms with Crippen LogP contribution in [0.25, 0.3) is 0 Å². The molecule has 0 aliphatic carbocycles. The Morgan fingerprint density at radius 3 is 2.15 bits per heavy atom. The van der Waals surface area contributed by atoms with E-state index in [1.807, 2.05) is 0 Å². The Hall–Kier alpha value is 0.137. The largest absolute Gasteiger partial charge is 0.360 e. The standard InChI is InChI=1S/C10H24O2Si/c1-4-5-6-7-8-9-13-10(11-2)12-3/h10H,4-9,13H2,1-3H3. The Morgan fingerprint density at radius 2 is 1.62 bits per heavy atom. The van der Waals surface area contributed by atoms with E-state index in [9.17, 15) is 0 Å². The minimum absolute atomic E-state index is 0.145. The minimum Gasteiger partial charge on any atom is -0.360 e. The van der Waals surface area contributed by atoms with Crippen LogP contribution in [0.2, 0.25) is 6.04 Å². The molecule has 80 valence electrons. The number of ether oxygens (including phenoxy) is 2. The van der Waals surface area contributed by atoms with Gasteiger partial charge in [0.2, 0.25) is 0 Å². The second-order valence-electron chi connectivity index (χ2n) is 3.46. The predicted molar refractivity (Wildman–Crippen MR) is 59.9 cm³/mol. The predicted octanol–water partition coefficient (Wildman–Crippen LogP) is 2.12. The van der Waals surface area contributed by atoms with Crippen LogP contribution in [0.4, 0.5) is 0 Å². The second kappa shape index (κ2) is 10.2. The van der Waals surface area contributed by atoms with E-state index in [-0.39, 0.29) is 15.4 Å². The third-order valence-electron chi connectivity index (χ3n) is 2.32. The van der Waals surface area contributed by atoms with Crippen LogP contribution in [0.1, 0.15) is 39.0 Å². The van der Waals surface area contributed by atoms with E-state index >= 15 is 0 Å². The van der Waals surface area contributed by atoms with Crippen molar-refractivity contribution in [3.8, 4) is 0 Å². The average molecular weight is 204 g/mol. The second-order valence-corrected chi connectivity index (χ2v) is 5.41. The fourth-order valence-electron chi connectivity index (χ4n) is 1.42. The average Bonchev–Trinajstić information content (AvgIpc) is 2.17. The normalized spacial score (nSPS) is 12.0. The molecule has 0 N–H and O–H groups in total. The van der Waals surface area contributed by atoms with Crippen LogP contribution in [0.5, 0.6) is 0 Å². The molecule has 0 bridgehead atoms. The Labute approximate surface area is 84.8 Å².